The summed E-state index contributed by atoms with van der Waals surface area (Å²) >= 11 is 1.26. The Morgan fingerprint density at radius 3 is 2.37 bits per heavy atom. The van der Waals surface area contributed by atoms with Gasteiger partial charge in [-0.05, 0) is 60.5 Å². The quantitative estimate of drug-likeness (QED) is 0.182. The van der Waals surface area contributed by atoms with Gasteiger partial charge in [-0.15, -0.1) is 0 Å². The van der Waals surface area contributed by atoms with Gasteiger partial charge in [0.1, 0.15) is 5.75 Å². The minimum Gasteiger partial charge on any atom is -0.497 e. The molecule has 0 aliphatic heterocycles. The van der Waals surface area contributed by atoms with Gasteiger partial charge in [0, 0.05) is 12.1 Å². The lowest BCUT2D eigenvalue weighted by molar-refractivity contribution is 0.102. The summed E-state index contributed by atoms with van der Waals surface area (Å²) in [6, 6.07) is 19.9. The Balaban J connectivity index is 1.60. The Labute approximate surface area is 207 Å². The molecule has 0 fully saturated rings. The van der Waals surface area contributed by atoms with E-state index in [2.05, 4.69) is 0 Å². The molecule has 0 spiro atoms. The fourth-order valence-corrected chi connectivity index (χ4v) is 4.64. The second kappa shape index (κ2) is 11.1. The number of benzene rings is 3. The predicted molar refractivity (Wildman–Crippen MR) is 137 cm³/mol. The van der Waals surface area contributed by atoms with Crippen molar-refractivity contribution in [2.24, 2.45) is 0 Å². The molecule has 1 heterocycles. The molecular weight excluding hydrogens is 464 g/mol. The Morgan fingerprint density at radius 2 is 1.66 bits per heavy atom. The molecular formula is C27H26N2O5S. The first kappa shape index (κ1) is 24.3. The fraction of sp³-hybridized carbons (Fsp3) is 0.222. The normalized spacial score (nSPS) is 10.8. The highest BCUT2D eigenvalue weighted by Crippen LogP contribution is 2.28. The van der Waals surface area contributed by atoms with Crippen molar-refractivity contribution in [1.82, 2.24) is 9.55 Å². The van der Waals surface area contributed by atoms with Crippen LogP contribution in [0.15, 0.2) is 76.7 Å². The Bertz CT molecular complexity index is 1400. The number of nitrogens with zero attached hydrogens (tertiary/aromatic N) is 2. The summed E-state index contributed by atoms with van der Waals surface area (Å²) in [5.41, 5.74) is 2.06. The molecule has 7 nitrogen and oxygen atoms in total. The lowest BCUT2D eigenvalue weighted by Crippen LogP contribution is -2.24. The molecule has 0 aliphatic rings. The predicted octanol–water partition coefficient (Wildman–Crippen LogP) is 4.64. The molecule has 0 atom stereocenters. The summed E-state index contributed by atoms with van der Waals surface area (Å²) in [6.45, 7) is 0.408. The SMILES string of the molecule is COc1ccc(C(=O)CSc2nc3ccccc3c(=O)n2CCc2ccc(OC)c(OC)c2)cc1. The number of aryl methyl sites for hydroxylation is 1. The van der Waals surface area contributed by atoms with Crippen LogP contribution in [0, 0.1) is 0 Å². The second-order valence-corrected chi connectivity index (χ2v) is 8.69. The topological polar surface area (TPSA) is 79.7 Å². The molecule has 3 aromatic carbocycles. The van der Waals surface area contributed by atoms with E-state index in [4.69, 9.17) is 19.2 Å². The molecule has 0 bridgehead atoms. The number of hydrogen-bond acceptors (Lipinski definition) is 7. The van der Waals surface area contributed by atoms with Crippen molar-refractivity contribution < 1.29 is 19.0 Å². The van der Waals surface area contributed by atoms with E-state index in [9.17, 15) is 9.59 Å². The van der Waals surface area contributed by atoms with Gasteiger partial charge in [-0.2, -0.15) is 0 Å². The van der Waals surface area contributed by atoms with Gasteiger partial charge in [0.2, 0.25) is 0 Å². The highest BCUT2D eigenvalue weighted by Gasteiger charge is 2.15. The maximum Gasteiger partial charge on any atom is 0.262 e. The highest BCUT2D eigenvalue weighted by molar-refractivity contribution is 7.99. The van der Waals surface area contributed by atoms with Crippen molar-refractivity contribution >= 4 is 28.4 Å². The van der Waals surface area contributed by atoms with E-state index < -0.39 is 0 Å². The second-order valence-electron chi connectivity index (χ2n) is 7.75. The number of methoxy groups -OCH3 is 3. The van der Waals surface area contributed by atoms with E-state index in [1.54, 1.807) is 56.2 Å². The highest BCUT2D eigenvalue weighted by atomic mass is 32.2. The van der Waals surface area contributed by atoms with Crippen LogP contribution in [0.25, 0.3) is 10.9 Å². The number of hydrogen-bond donors (Lipinski definition) is 0. The van der Waals surface area contributed by atoms with Crippen LogP contribution in [0.5, 0.6) is 17.2 Å². The zero-order valence-electron chi connectivity index (χ0n) is 19.8. The third-order valence-corrected chi connectivity index (χ3v) is 6.62. The Kier molecular flexibility index (Phi) is 7.72. The van der Waals surface area contributed by atoms with E-state index in [0.29, 0.717) is 51.8 Å². The van der Waals surface area contributed by atoms with E-state index >= 15 is 0 Å². The molecule has 0 N–H and O–H groups in total. The summed E-state index contributed by atoms with van der Waals surface area (Å²) in [7, 11) is 4.77. The van der Waals surface area contributed by atoms with Crippen molar-refractivity contribution in [1.29, 1.82) is 0 Å². The Hall–Kier alpha value is -3.78. The molecule has 35 heavy (non-hydrogen) atoms. The Morgan fingerprint density at radius 1 is 0.914 bits per heavy atom. The summed E-state index contributed by atoms with van der Waals surface area (Å²) in [6.07, 6.45) is 0.584. The van der Waals surface area contributed by atoms with E-state index in [1.165, 1.54) is 11.8 Å². The monoisotopic (exact) mass is 490 g/mol. The van der Waals surface area contributed by atoms with Crippen LogP contribution >= 0.6 is 11.8 Å². The van der Waals surface area contributed by atoms with Gasteiger partial charge >= 0.3 is 0 Å². The molecule has 4 aromatic rings. The van der Waals surface area contributed by atoms with Gasteiger partial charge in [-0.3, -0.25) is 14.2 Å². The van der Waals surface area contributed by atoms with Crippen LogP contribution in [0.3, 0.4) is 0 Å². The lowest BCUT2D eigenvalue weighted by Gasteiger charge is -2.14. The smallest absolute Gasteiger partial charge is 0.262 e. The number of ketones is 1. The first-order chi connectivity index (χ1) is 17.0. The number of fused-ring (bicyclic) bond motifs is 1. The number of para-hydroxylation sites is 1. The van der Waals surface area contributed by atoms with Crippen LogP contribution in [-0.2, 0) is 13.0 Å². The largest absolute Gasteiger partial charge is 0.497 e. The van der Waals surface area contributed by atoms with Gasteiger partial charge in [-0.25, -0.2) is 4.98 Å². The minimum absolute atomic E-state index is 0.0495. The molecule has 0 saturated carbocycles. The maximum atomic E-state index is 13.3. The van der Waals surface area contributed by atoms with Crippen molar-refractivity contribution in [2.45, 2.75) is 18.1 Å². The van der Waals surface area contributed by atoms with E-state index in [-0.39, 0.29) is 17.1 Å². The van der Waals surface area contributed by atoms with Gasteiger partial charge in [-0.1, -0.05) is 30.0 Å². The average molecular weight is 491 g/mol. The van der Waals surface area contributed by atoms with Gasteiger partial charge in [0.25, 0.3) is 5.56 Å². The molecule has 180 valence electrons. The summed E-state index contributed by atoms with van der Waals surface area (Å²) in [4.78, 5) is 30.8. The zero-order chi connectivity index (χ0) is 24.8. The van der Waals surface area contributed by atoms with Gasteiger partial charge < -0.3 is 14.2 Å². The van der Waals surface area contributed by atoms with Crippen molar-refractivity contribution in [3.05, 3.63) is 88.2 Å². The zero-order valence-corrected chi connectivity index (χ0v) is 20.6. The molecule has 8 heteroatoms. The third-order valence-electron chi connectivity index (χ3n) is 5.64. The third kappa shape index (κ3) is 5.49. The molecule has 0 radical (unpaired) electrons. The number of carbonyl (C=O) groups is 1. The van der Waals surface area contributed by atoms with Crippen molar-refractivity contribution in [2.75, 3.05) is 27.1 Å². The molecule has 1 aromatic heterocycles. The van der Waals surface area contributed by atoms with Crippen LogP contribution in [0.2, 0.25) is 0 Å². The molecule has 4 rings (SSSR count). The number of rotatable bonds is 10. The van der Waals surface area contributed by atoms with Gasteiger partial charge in [0.15, 0.2) is 22.4 Å². The van der Waals surface area contributed by atoms with Crippen LogP contribution in [0.4, 0.5) is 0 Å². The molecule has 0 amide bonds. The molecule has 0 aliphatic carbocycles. The maximum absolute atomic E-state index is 13.3. The van der Waals surface area contributed by atoms with Crippen molar-refractivity contribution in [3.8, 4) is 17.2 Å². The lowest BCUT2D eigenvalue weighted by atomic mass is 10.1. The van der Waals surface area contributed by atoms with E-state index in [0.717, 1.165) is 5.56 Å². The summed E-state index contributed by atoms with van der Waals surface area (Å²) in [5, 5.41) is 1.06. The number of Topliss-reactive ketones (excluding diaryl/α,β-unsaturated/α-hetero) is 1. The number of ether oxygens (including phenoxy) is 3. The van der Waals surface area contributed by atoms with Crippen LogP contribution < -0.4 is 19.8 Å². The standard InChI is InChI=1S/C27H26N2O5S/c1-32-20-11-9-19(10-12-20)23(30)17-35-27-28-22-7-5-4-6-21(22)26(31)29(27)15-14-18-8-13-24(33-2)25(16-18)34-3/h4-13,16H,14-15,17H2,1-3H3. The number of carbonyl (C=O) groups excluding carboxylic acids is 1. The molecule has 0 unspecified atom stereocenters. The summed E-state index contributed by atoms with van der Waals surface area (Å²) < 4.78 is 17.5. The van der Waals surface area contributed by atoms with Crippen LogP contribution in [-0.4, -0.2) is 42.4 Å². The molecule has 0 saturated heterocycles. The fourth-order valence-electron chi connectivity index (χ4n) is 3.72. The average Bonchev–Trinajstić information content (AvgIpc) is 2.91. The first-order valence-electron chi connectivity index (χ1n) is 11.0. The first-order valence-corrected chi connectivity index (χ1v) is 12.0. The number of thioether (sulfide) groups is 1. The van der Waals surface area contributed by atoms with Gasteiger partial charge in [0.05, 0.1) is 38.0 Å². The number of aromatic nitrogens is 2. The minimum atomic E-state index is -0.129. The van der Waals surface area contributed by atoms with Crippen molar-refractivity contribution in [3.63, 3.8) is 0 Å². The van der Waals surface area contributed by atoms with Crippen LogP contribution in [0.1, 0.15) is 15.9 Å². The summed E-state index contributed by atoms with van der Waals surface area (Å²) in [5.74, 6) is 2.08. The van der Waals surface area contributed by atoms with E-state index in [1.807, 2.05) is 36.4 Å².